The molecular formula is C24H25N5O. The maximum Gasteiger partial charge on any atom is 0.272 e. The molecule has 30 heavy (non-hydrogen) atoms. The average Bonchev–Trinajstić information content (AvgIpc) is 3.34. The molecule has 152 valence electrons. The minimum absolute atomic E-state index is 0.107. The van der Waals surface area contributed by atoms with Gasteiger partial charge in [-0.3, -0.25) is 14.4 Å². The van der Waals surface area contributed by atoms with E-state index in [0.29, 0.717) is 12.2 Å². The molecule has 3 heterocycles. The molecule has 0 atom stereocenters. The Morgan fingerprint density at radius 2 is 1.93 bits per heavy atom. The molecule has 1 aliphatic heterocycles. The van der Waals surface area contributed by atoms with E-state index in [2.05, 4.69) is 44.7 Å². The van der Waals surface area contributed by atoms with Crippen LogP contribution in [0.15, 0.2) is 60.8 Å². The molecular weight excluding hydrogens is 374 g/mol. The Balaban J connectivity index is 1.33. The molecule has 0 aliphatic carbocycles. The number of para-hydroxylation sites is 1. The summed E-state index contributed by atoms with van der Waals surface area (Å²) in [4.78, 5) is 18.6. The fourth-order valence-corrected chi connectivity index (χ4v) is 4.33. The normalized spacial score (nSPS) is 14.0. The van der Waals surface area contributed by atoms with Gasteiger partial charge in [0.05, 0.1) is 0 Å². The Kier molecular flexibility index (Phi) is 4.85. The van der Waals surface area contributed by atoms with Gasteiger partial charge in [0.2, 0.25) is 0 Å². The zero-order valence-electron chi connectivity index (χ0n) is 17.1. The Bertz CT molecular complexity index is 1190. The predicted octanol–water partition coefficient (Wildman–Crippen LogP) is 3.39. The summed E-state index contributed by atoms with van der Waals surface area (Å²) >= 11 is 0. The maximum absolute atomic E-state index is 12.9. The highest BCUT2D eigenvalue weighted by Crippen LogP contribution is 2.26. The summed E-state index contributed by atoms with van der Waals surface area (Å²) in [6.07, 6.45) is 2.99. The molecule has 0 bridgehead atoms. The van der Waals surface area contributed by atoms with Gasteiger partial charge >= 0.3 is 0 Å². The van der Waals surface area contributed by atoms with Gasteiger partial charge in [0.1, 0.15) is 0 Å². The summed E-state index contributed by atoms with van der Waals surface area (Å²) in [5.74, 6) is -0.107. The molecule has 5 rings (SSSR count). The Morgan fingerprint density at radius 1 is 1.13 bits per heavy atom. The lowest BCUT2D eigenvalue weighted by molar-refractivity contribution is 0.0943. The van der Waals surface area contributed by atoms with E-state index < -0.39 is 0 Å². The van der Waals surface area contributed by atoms with Crippen LogP contribution in [0, 0.1) is 0 Å². The lowest BCUT2D eigenvalue weighted by Gasteiger charge is -2.27. The van der Waals surface area contributed by atoms with Gasteiger partial charge in [-0.15, -0.1) is 0 Å². The van der Waals surface area contributed by atoms with Crippen molar-refractivity contribution in [3.8, 4) is 0 Å². The highest BCUT2D eigenvalue weighted by Gasteiger charge is 2.27. The van der Waals surface area contributed by atoms with Crippen LogP contribution < -0.4 is 5.32 Å². The second-order valence-electron chi connectivity index (χ2n) is 7.89. The van der Waals surface area contributed by atoms with E-state index in [9.17, 15) is 4.79 Å². The van der Waals surface area contributed by atoms with E-state index in [-0.39, 0.29) is 5.91 Å². The van der Waals surface area contributed by atoms with Crippen molar-refractivity contribution < 1.29 is 4.79 Å². The maximum atomic E-state index is 12.9. The van der Waals surface area contributed by atoms with Crippen LogP contribution in [-0.2, 0) is 33.1 Å². The minimum Gasteiger partial charge on any atom is -0.361 e. The summed E-state index contributed by atoms with van der Waals surface area (Å²) < 4.78 is 1.87. The molecule has 0 fully saturated rings. The lowest BCUT2D eigenvalue weighted by Crippen LogP contribution is -2.32. The van der Waals surface area contributed by atoms with Gasteiger partial charge in [-0.05, 0) is 17.2 Å². The highest BCUT2D eigenvalue weighted by molar-refractivity contribution is 5.94. The van der Waals surface area contributed by atoms with Crippen LogP contribution in [0.3, 0.4) is 0 Å². The van der Waals surface area contributed by atoms with Crippen LogP contribution in [0.1, 0.15) is 32.9 Å². The number of rotatable bonds is 5. The monoisotopic (exact) mass is 399 g/mol. The zero-order valence-corrected chi connectivity index (χ0v) is 17.1. The molecule has 1 amide bonds. The van der Waals surface area contributed by atoms with Crippen molar-refractivity contribution in [2.24, 2.45) is 7.05 Å². The van der Waals surface area contributed by atoms with Crippen LogP contribution in [-0.4, -0.2) is 32.1 Å². The van der Waals surface area contributed by atoms with Gasteiger partial charge in [-0.1, -0.05) is 48.5 Å². The number of nitrogens with zero attached hydrogens (tertiary/aromatic N) is 3. The molecule has 2 N–H and O–H groups in total. The summed E-state index contributed by atoms with van der Waals surface area (Å²) in [5, 5.41) is 8.84. The summed E-state index contributed by atoms with van der Waals surface area (Å²) in [6.45, 7) is 3.04. The number of nitrogens with one attached hydrogen (secondary N) is 2. The minimum atomic E-state index is -0.107. The van der Waals surface area contributed by atoms with Gasteiger partial charge in [-0.25, -0.2) is 0 Å². The number of amides is 1. The molecule has 4 aromatic rings. The topological polar surface area (TPSA) is 66.0 Å². The standard InChI is InChI=1S/C24H25N5O/c1-28-22-11-12-29(15-18-14-25-21-10-6-5-9-19(18)21)16-20(22)23(27-28)24(30)26-13-17-7-3-2-4-8-17/h2-10,14,25H,11-13,15-16H2,1H3,(H,26,30). The smallest absolute Gasteiger partial charge is 0.272 e. The molecule has 2 aromatic heterocycles. The van der Waals surface area contributed by atoms with E-state index in [4.69, 9.17) is 0 Å². The van der Waals surface area contributed by atoms with Crippen LogP contribution in [0.2, 0.25) is 0 Å². The molecule has 0 saturated heterocycles. The molecule has 6 heteroatoms. The van der Waals surface area contributed by atoms with Gasteiger partial charge in [0.25, 0.3) is 5.91 Å². The second-order valence-corrected chi connectivity index (χ2v) is 7.89. The molecule has 0 unspecified atom stereocenters. The first-order chi connectivity index (χ1) is 14.7. The number of aromatic nitrogens is 3. The number of benzene rings is 2. The van der Waals surface area contributed by atoms with E-state index in [1.165, 1.54) is 10.9 Å². The number of hydrogen-bond acceptors (Lipinski definition) is 3. The first kappa shape index (κ1) is 18.6. The third kappa shape index (κ3) is 3.50. The Hall–Kier alpha value is -3.38. The quantitative estimate of drug-likeness (QED) is 0.541. The zero-order chi connectivity index (χ0) is 20.5. The first-order valence-electron chi connectivity index (χ1n) is 10.3. The summed E-state index contributed by atoms with van der Waals surface area (Å²) in [7, 11) is 1.93. The summed E-state index contributed by atoms with van der Waals surface area (Å²) in [6, 6.07) is 18.3. The van der Waals surface area contributed by atoms with Crippen LogP contribution in [0.5, 0.6) is 0 Å². The number of hydrogen-bond donors (Lipinski definition) is 2. The molecule has 2 aromatic carbocycles. The van der Waals surface area contributed by atoms with E-state index in [1.54, 1.807) is 0 Å². The van der Waals surface area contributed by atoms with E-state index >= 15 is 0 Å². The number of aryl methyl sites for hydroxylation is 1. The van der Waals surface area contributed by atoms with Crippen LogP contribution in [0.25, 0.3) is 10.9 Å². The van der Waals surface area contributed by atoms with Crippen molar-refractivity contribution >= 4 is 16.8 Å². The molecule has 0 saturated carbocycles. The SMILES string of the molecule is Cn1nc(C(=O)NCc2ccccc2)c2c1CCN(Cc1c[nH]c3ccccc13)C2. The van der Waals surface area contributed by atoms with E-state index in [1.807, 2.05) is 48.1 Å². The highest BCUT2D eigenvalue weighted by atomic mass is 16.1. The van der Waals surface area contributed by atoms with Crippen LogP contribution >= 0.6 is 0 Å². The van der Waals surface area contributed by atoms with E-state index in [0.717, 1.165) is 48.4 Å². The van der Waals surface area contributed by atoms with Gasteiger partial charge in [0, 0.05) is 68.0 Å². The molecule has 1 aliphatic rings. The number of carbonyl (C=O) groups is 1. The largest absolute Gasteiger partial charge is 0.361 e. The number of aromatic amines is 1. The van der Waals surface area contributed by atoms with Crippen molar-refractivity contribution in [2.45, 2.75) is 26.1 Å². The van der Waals surface area contributed by atoms with Crippen molar-refractivity contribution in [3.05, 3.63) is 88.9 Å². The average molecular weight is 399 g/mol. The van der Waals surface area contributed by atoms with Gasteiger partial charge in [0.15, 0.2) is 5.69 Å². The predicted molar refractivity (Wildman–Crippen MR) is 117 cm³/mol. The second kappa shape index (κ2) is 7.80. The van der Waals surface area contributed by atoms with Crippen LogP contribution in [0.4, 0.5) is 0 Å². The van der Waals surface area contributed by atoms with Crippen molar-refractivity contribution in [3.63, 3.8) is 0 Å². The fraction of sp³-hybridized carbons (Fsp3) is 0.250. The summed E-state index contributed by atoms with van der Waals surface area (Å²) in [5.41, 5.74) is 6.29. The molecule has 6 nitrogen and oxygen atoms in total. The van der Waals surface area contributed by atoms with Gasteiger partial charge in [-0.2, -0.15) is 5.10 Å². The number of carbonyl (C=O) groups excluding carboxylic acids is 1. The first-order valence-corrected chi connectivity index (χ1v) is 10.3. The lowest BCUT2D eigenvalue weighted by atomic mass is 10.0. The third-order valence-corrected chi connectivity index (χ3v) is 5.90. The van der Waals surface area contributed by atoms with Crippen molar-refractivity contribution in [1.82, 2.24) is 25.0 Å². The fourth-order valence-electron chi connectivity index (χ4n) is 4.33. The Labute approximate surface area is 175 Å². The van der Waals surface area contributed by atoms with Crippen molar-refractivity contribution in [1.29, 1.82) is 0 Å². The van der Waals surface area contributed by atoms with Gasteiger partial charge < -0.3 is 10.3 Å². The number of fused-ring (bicyclic) bond motifs is 2. The van der Waals surface area contributed by atoms with Crippen molar-refractivity contribution in [2.75, 3.05) is 6.54 Å². The molecule has 0 spiro atoms. The molecule has 0 radical (unpaired) electrons. The third-order valence-electron chi connectivity index (χ3n) is 5.90. The Morgan fingerprint density at radius 3 is 2.80 bits per heavy atom. The number of H-pyrrole nitrogens is 1.